The molecule has 0 saturated heterocycles. The fourth-order valence-electron chi connectivity index (χ4n) is 4.70. The Bertz CT molecular complexity index is 1600. The van der Waals surface area contributed by atoms with Crippen molar-refractivity contribution in [3.63, 3.8) is 0 Å². The number of halogens is 1. The Kier molecular flexibility index (Phi) is 5.81. The normalized spacial score (nSPS) is 13.2. The lowest BCUT2D eigenvalue weighted by Gasteiger charge is -2.32. The van der Waals surface area contributed by atoms with Crippen LogP contribution in [0.5, 0.6) is 0 Å². The van der Waals surface area contributed by atoms with Crippen molar-refractivity contribution in [2.45, 2.75) is 12.1 Å². The first-order valence-corrected chi connectivity index (χ1v) is 11.7. The largest absolute Gasteiger partial charge is 0.336 e. The molecule has 0 spiro atoms. The summed E-state index contributed by atoms with van der Waals surface area (Å²) in [4.78, 5) is 17.1. The molecule has 4 N–H and O–H groups in total. The maximum Gasteiger partial charge on any atom is 0.251 e. The molecule has 6 nitrogen and oxygen atoms in total. The van der Waals surface area contributed by atoms with Gasteiger partial charge in [-0.2, -0.15) is 0 Å². The average molecular weight is 484 g/mol. The summed E-state index contributed by atoms with van der Waals surface area (Å²) >= 11 is 6.29. The fraction of sp³-hybridized carbons (Fsp3) is 0.143. The van der Waals surface area contributed by atoms with E-state index in [1.807, 2.05) is 72.3 Å². The molecule has 3 aromatic carbocycles. The first-order chi connectivity index (χ1) is 16.8. The number of rotatable bonds is 5. The Hall–Kier alpha value is -3.71. The second kappa shape index (κ2) is 8.82. The molecule has 0 fully saturated rings. The van der Waals surface area contributed by atoms with Gasteiger partial charge in [0.25, 0.3) is 5.56 Å². The van der Waals surface area contributed by atoms with E-state index in [4.69, 9.17) is 23.1 Å². The summed E-state index contributed by atoms with van der Waals surface area (Å²) in [5.41, 5.74) is 18.2. The number of imidazole rings is 1. The number of benzene rings is 3. The smallest absolute Gasteiger partial charge is 0.251 e. The highest BCUT2D eigenvalue weighted by atomic mass is 35.5. The number of nitrogens with two attached hydrogens (primary N) is 2. The maximum absolute atomic E-state index is 12.8. The first-order valence-electron chi connectivity index (χ1n) is 11.3. The van der Waals surface area contributed by atoms with Crippen molar-refractivity contribution in [1.29, 1.82) is 0 Å². The van der Waals surface area contributed by atoms with Crippen molar-refractivity contribution >= 4 is 22.5 Å². The van der Waals surface area contributed by atoms with E-state index in [1.165, 1.54) is 0 Å². The number of pyridine rings is 1. The van der Waals surface area contributed by atoms with E-state index in [1.54, 1.807) is 30.2 Å². The Labute approximate surface area is 208 Å². The standard InChI is InChI=1S/C28H26ClN5O/c1-33-17-32-16-26(33)28(31,20-8-6-18(15-30)7-9-20)21-10-11-25-24(13-21)23(14-27(35)34(25)2)19-4-3-5-22(29)12-19/h3-14,16-17H,15,30-31H2,1-2H3. The summed E-state index contributed by atoms with van der Waals surface area (Å²) in [6.45, 7) is 0.455. The third-order valence-electron chi connectivity index (χ3n) is 6.70. The minimum atomic E-state index is -0.993. The van der Waals surface area contributed by atoms with E-state index in [0.29, 0.717) is 11.6 Å². The van der Waals surface area contributed by atoms with E-state index in [9.17, 15) is 4.79 Å². The van der Waals surface area contributed by atoms with E-state index in [0.717, 1.165) is 44.4 Å². The average Bonchev–Trinajstić information content (AvgIpc) is 3.31. The van der Waals surface area contributed by atoms with E-state index < -0.39 is 5.54 Å². The van der Waals surface area contributed by atoms with Gasteiger partial charge in [0.15, 0.2) is 0 Å². The zero-order valence-electron chi connectivity index (χ0n) is 19.6. The molecule has 1 unspecified atom stereocenters. The summed E-state index contributed by atoms with van der Waals surface area (Å²) in [5, 5.41) is 1.51. The van der Waals surface area contributed by atoms with Crippen LogP contribution in [0.3, 0.4) is 0 Å². The molecule has 2 heterocycles. The molecule has 35 heavy (non-hydrogen) atoms. The van der Waals surface area contributed by atoms with Crippen LogP contribution in [0.4, 0.5) is 0 Å². The van der Waals surface area contributed by atoms with Gasteiger partial charge in [-0.3, -0.25) is 4.79 Å². The summed E-state index contributed by atoms with van der Waals surface area (Å²) in [6, 6.07) is 23.2. The molecule has 5 rings (SSSR count). The van der Waals surface area contributed by atoms with Gasteiger partial charge in [0, 0.05) is 37.1 Å². The van der Waals surface area contributed by atoms with Crippen LogP contribution in [0, 0.1) is 0 Å². The topological polar surface area (TPSA) is 91.9 Å². The molecule has 2 aromatic heterocycles. The molecule has 0 amide bonds. The Morgan fingerprint density at radius 1 is 0.971 bits per heavy atom. The summed E-state index contributed by atoms with van der Waals surface area (Å²) < 4.78 is 3.57. The van der Waals surface area contributed by atoms with E-state index >= 15 is 0 Å². The molecule has 0 aliphatic carbocycles. The highest BCUT2D eigenvalue weighted by molar-refractivity contribution is 6.30. The van der Waals surface area contributed by atoms with Crippen LogP contribution in [0.25, 0.3) is 22.0 Å². The Balaban J connectivity index is 1.82. The number of hydrogen-bond acceptors (Lipinski definition) is 4. The lowest BCUT2D eigenvalue weighted by atomic mass is 9.80. The minimum Gasteiger partial charge on any atom is -0.336 e. The first kappa shape index (κ1) is 23.1. The van der Waals surface area contributed by atoms with Crippen LogP contribution in [0.2, 0.25) is 5.02 Å². The number of aromatic nitrogens is 3. The molecule has 7 heteroatoms. The van der Waals surface area contributed by atoms with Gasteiger partial charge >= 0.3 is 0 Å². The van der Waals surface area contributed by atoms with Crippen LogP contribution in [0.1, 0.15) is 22.4 Å². The van der Waals surface area contributed by atoms with Crippen molar-refractivity contribution in [3.05, 3.63) is 123 Å². The highest BCUT2D eigenvalue weighted by Crippen LogP contribution is 2.37. The Morgan fingerprint density at radius 2 is 1.71 bits per heavy atom. The number of nitrogens with zero attached hydrogens (tertiary/aromatic N) is 3. The number of aryl methyl sites for hydroxylation is 2. The summed E-state index contributed by atoms with van der Waals surface area (Å²) in [5.74, 6) is 0. The van der Waals surface area contributed by atoms with Gasteiger partial charge in [0.1, 0.15) is 5.54 Å². The van der Waals surface area contributed by atoms with Gasteiger partial charge in [-0.1, -0.05) is 54.1 Å². The van der Waals surface area contributed by atoms with Crippen molar-refractivity contribution in [2.75, 3.05) is 0 Å². The van der Waals surface area contributed by atoms with Gasteiger partial charge < -0.3 is 20.6 Å². The molecule has 0 saturated carbocycles. The zero-order valence-corrected chi connectivity index (χ0v) is 20.3. The van der Waals surface area contributed by atoms with Gasteiger partial charge in [0.05, 0.1) is 23.7 Å². The van der Waals surface area contributed by atoms with E-state index in [2.05, 4.69) is 11.1 Å². The minimum absolute atomic E-state index is 0.0942. The molecule has 5 aromatic rings. The van der Waals surface area contributed by atoms with Crippen LogP contribution in [-0.4, -0.2) is 14.1 Å². The monoisotopic (exact) mass is 483 g/mol. The van der Waals surface area contributed by atoms with Crippen molar-refractivity contribution in [1.82, 2.24) is 14.1 Å². The molecule has 0 aliphatic rings. The third-order valence-corrected chi connectivity index (χ3v) is 6.94. The predicted molar refractivity (Wildman–Crippen MR) is 141 cm³/mol. The van der Waals surface area contributed by atoms with Crippen molar-refractivity contribution in [3.8, 4) is 11.1 Å². The molecule has 1 atom stereocenters. The van der Waals surface area contributed by atoms with Crippen molar-refractivity contribution < 1.29 is 0 Å². The quantitative estimate of drug-likeness (QED) is 0.390. The van der Waals surface area contributed by atoms with Crippen LogP contribution >= 0.6 is 11.6 Å². The summed E-state index contributed by atoms with van der Waals surface area (Å²) in [6.07, 6.45) is 3.53. The molecule has 0 bridgehead atoms. The lowest BCUT2D eigenvalue weighted by molar-refractivity contribution is 0.596. The second-order valence-corrected chi connectivity index (χ2v) is 9.23. The fourth-order valence-corrected chi connectivity index (χ4v) is 4.89. The molecule has 176 valence electrons. The van der Waals surface area contributed by atoms with Crippen LogP contribution in [0.15, 0.2) is 90.1 Å². The SMILES string of the molecule is Cn1cncc1C(N)(c1ccc(CN)cc1)c1ccc2c(c1)c(-c1cccc(Cl)c1)cc(=O)n2C. The molecule has 0 aliphatic heterocycles. The van der Waals surface area contributed by atoms with Gasteiger partial charge in [0.2, 0.25) is 0 Å². The van der Waals surface area contributed by atoms with Gasteiger partial charge in [-0.15, -0.1) is 0 Å². The molecular formula is C28H26ClN5O. The lowest BCUT2D eigenvalue weighted by Crippen LogP contribution is -2.41. The summed E-state index contributed by atoms with van der Waals surface area (Å²) in [7, 11) is 3.70. The molecule has 0 radical (unpaired) electrons. The highest BCUT2D eigenvalue weighted by Gasteiger charge is 2.35. The van der Waals surface area contributed by atoms with E-state index in [-0.39, 0.29) is 5.56 Å². The molecular weight excluding hydrogens is 458 g/mol. The third kappa shape index (κ3) is 3.86. The predicted octanol–water partition coefficient (Wildman–Crippen LogP) is 4.30. The number of fused-ring (bicyclic) bond motifs is 1. The van der Waals surface area contributed by atoms with Crippen LogP contribution < -0.4 is 17.0 Å². The van der Waals surface area contributed by atoms with Gasteiger partial charge in [-0.25, -0.2) is 4.98 Å². The van der Waals surface area contributed by atoms with Crippen molar-refractivity contribution in [2.24, 2.45) is 25.6 Å². The number of hydrogen-bond donors (Lipinski definition) is 2. The maximum atomic E-state index is 12.8. The van der Waals surface area contributed by atoms with Gasteiger partial charge in [-0.05, 0) is 52.1 Å². The Morgan fingerprint density at radius 3 is 2.37 bits per heavy atom. The second-order valence-electron chi connectivity index (χ2n) is 8.80. The van der Waals surface area contributed by atoms with Crippen LogP contribution in [-0.2, 0) is 26.2 Å². The zero-order chi connectivity index (χ0) is 24.7.